The summed E-state index contributed by atoms with van der Waals surface area (Å²) in [5.74, 6) is -2.24. The van der Waals surface area contributed by atoms with E-state index in [-0.39, 0.29) is 53.3 Å². The molecule has 3 aliphatic rings. The molecule has 0 aliphatic carbocycles. The maximum atomic E-state index is 13.1. The Kier molecular flexibility index (Phi) is 9.23. The molecule has 4 amide bonds. The minimum atomic E-state index is -4.93. The molecule has 0 saturated carbocycles. The molecule has 1 aromatic rings. The topological polar surface area (TPSA) is 174 Å². The molecule has 2 fully saturated rings. The first kappa shape index (κ1) is 28.9. The van der Waals surface area contributed by atoms with Crippen LogP contribution in [-0.2, 0) is 40.8 Å². The zero-order chi connectivity index (χ0) is 25.9. The first-order valence-electron chi connectivity index (χ1n) is 11.3. The average molecular weight is 545 g/mol. The van der Waals surface area contributed by atoms with E-state index < -0.39 is 58.5 Å². The summed E-state index contributed by atoms with van der Waals surface area (Å²) < 4.78 is 43.8. The Bertz CT molecular complexity index is 1170. The van der Waals surface area contributed by atoms with Crippen LogP contribution in [0.15, 0.2) is 42.7 Å². The summed E-state index contributed by atoms with van der Waals surface area (Å²) in [7, 11) is -4.93. The van der Waals surface area contributed by atoms with Gasteiger partial charge in [-0.1, -0.05) is 30.3 Å². The quantitative estimate of drug-likeness (QED) is 0.193. The van der Waals surface area contributed by atoms with Crippen LogP contribution in [0.1, 0.15) is 31.2 Å². The number of rotatable bonds is 8. The van der Waals surface area contributed by atoms with Crippen molar-refractivity contribution in [2.75, 3.05) is 13.1 Å². The van der Waals surface area contributed by atoms with Crippen molar-refractivity contribution >= 4 is 34.1 Å². The second kappa shape index (κ2) is 11.8. The molecule has 0 radical (unpaired) electrons. The summed E-state index contributed by atoms with van der Waals surface area (Å²) in [5.41, 5.74) is -0.636. The van der Waals surface area contributed by atoms with Crippen LogP contribution >= 0.6 is 0 Å². The van der Waals surface area contributed by atoms with E-state index in [0.717, 1.165) is 5.56 Å². The molecule has 13 nitrogen and oxygen atoms in total. The van der Waals surface area contributed by atoms with E-state index in [1.807, 2.05) is 30.3 Å². The second-order valence-electron chi connectivity index (χ2n) is 8.69. The van der Waals surface area contributed by atoms with Crippen LogP contribution in [-0.4, -0.2) is 76.9 Å². The van der Waals surface area contributed by atoms with Crippen molar-refractivity contribution in [2.45, 2.75) is 50.1 Å². The third-order valence-electron chi connectivity index (χ3n) is 6.13. The van der Waals surface area contributed by atoms with Gasteiger partial charge in [0.05, 0.1) is 19.2 Å². The van der Waals surface area contributed by atoms with E-state index in [4.69, 9.17) is 9.47 Å². The minimum Gasteiger partial charge on any atom is -0.731 e. The van der Waals surface area contributed by atoms with E-state index in [9.17, 15) is 32.1 Å². The fourth-order valence-electron chi connectivity index (χ4n) is 4.28. The molecule has 194 valence electrons. The number of hydrogen-bond donors (Lipinski definition) is 2. The van der Waals surface area contributed by atoms with Gasteiger partial charge >= 0.3 is 35.7 Å². The first-order chi connectivity index (χ1) is 17.1. The summed E-state index contributed by atoms with van der Waals surface area (Å²) >= 11 is 0. The maximum Gasteiger partial charge on any atom is 1.00 e. The predicted molar refractivity (Wildman–Crippen MR) is 120 cm³/mol. The van der Waals surface area contributed by atoms with Gasteiger partial charge in [0.1, 0.15) is 18.7 Å². The van der Waals surface area contributed by atoms with Gasteiger partial charge in [-0.2, -0.15) is 0 Å². The molecular weight excluding hydrogens is 519 g/mol. The van der Waals surface area contributed by atoms with Gasteiger partial charge in [-0.3, -0.25) is 19.3 Å². The molecule has 2 unspecified atom stereocenters. The molecule has 4 rings (SSSR count). The molecule has 37 heavy (non-hydrogen) atoms. The largest absolute Gasteiger partial charge is 1.00 e. The van der Waals surface area contributed by atoms with Crippen molar-refractivity contribution in [1.29, 1.82) is 0 Å². The fraction of sp³-hybridized carbons (Fsp3) is 0.455. The number of amides is 4. The smallest absolute Gasteiger partial charge is 0.731 e. The normalized spacial score (nSPS) is 24.5. The third kappa shape index (κ3) is 6.82. The van der Waals surface area contributed by atoms with Crippen LogP contribution in [0.5, 0.6) is 0 Å². The van der Waals surface area contributed by atoms with Gasteiger partial charge in [-0.05, 0) is 24.5 Å². The number of benzene rings is 1. The molecule has 3 atom stereocenters. The van der Waals surface area contributed by atoms with Gasteiger partial charge in [0.25, 0.3) is 5.91 Å². The number of hydrogen-bond acceptors (Lipinski definition) is 9. The average Bonchev–Trinajstić information content (AvgIpc) is 3.49. The van der Waals surface area contributed by atoms with Crippen LogP contribution in [0.4, 0.5) is 4.79 Å². The SMILES string of the molecule is O=C(CC1(NC(=O)[C@@H]2CCCN2C(=O)OCc2ccccc2)CC=CO1)NC1CN(S(=O)(=O)[O-])C1=O.[Na+]. The molecule has 3 aliphatic heterocycles. The van der Waals surface area contributed by atoms with Gasteiger partial charge in [0.15, 0.2) is 16.0 Å². The predicted octanol–water partition coefficient (Wildman–Crippen LogP) is -3.28. The van der Waals surface area contributed by atoms with Gasteiger partial charge in [0.2, 0.25) is 11.8 Å². The molecule has 0 spiro atoms. The summed E-state index contributed by atoms with van der Waals surface area (Å²) in [6.07, 6.45) is 3.06. The number of nitrogens with one attached hydrogen (secondary N) is 2. The van der Waals surface area contributed by atoms with Crippen LogP contribution < -0.4 is 40.2 Å². The van der Waals surface area contributed by atoms with E-state index in [0.29, 0.717) is 19.4 Å². The Morgan fingerprint density at radius 1 is 1.22 bits per heavy atom. The summed E-state index contributed by atoms with van der Waals surface area (Å²) in [4.78, 5) is 51.5. The van der Waals surface area contributed by atoms with Crippen LogP contribution in [0, 0.1) is 0 Å². The molecular formula is C22H25N4NaO9S. The second-order valence-corrected chi connectivity index (χ2v) is 9.99. The number of carbonyl (C=O) groups is 4. The number of carbonyl (C=O) groups excluding carboxylic acids is 4. The minimum absolute atomic E-state index is 0. The van der Waals surface area contributed by atoms with Gasteiger partial charge in [0, 0.05) is 13.0 Å². The van der Waals surface area contributed by atoms with Gasteiger partial charge in [-0.25, -0.2) is 17.5 Å². The molecule has 1 aromatic carbocycles. The van der Waals surface area contributed by atoms with E-state index in [1.54, 1.807) is 6.08 Å². The zero-order valence-corrected chi connectivity index (χ0v) is 22.9. The Balaban J connectivity index is 0.00000380. The third-order valence-corrected chi connectivity index (χ3v) is 7.00. The van der Waals surface area contributed by atoms with E-state index >= 15 is 0 Å². The molecule has 3 heterocycles. The summed E-state index contributed by atoms with van der Waals surface area (Å²) in [5, 5.41) is 5.05. The number of β-lactam (4-membered cyclic amide) rings is 1. The molecule has 2 saturated heterocycles. The summed E-state index contributed by atoms with van der Waals surface area (Å²) in [6.45, 7) is -0.0647. The Labute approximate surface area is 235 Å². The monoisotopic (exact) mass is 544 g/mol. The Hall–Kier alpha value is -2.65. The fourth-order valence-corrected chi connectivity index (χ4v) is 4.96. The number of ether oxygens (including phenoxy) is 2. The van der Waals surface area contributed by atoms with Gasteiger partial charge < -0.3 is 24.7 Å². The molecule has 15 heteroatoms. The van der Waals surface area contributed by atoms with Crippen molar-refractivity contribution < 1.29 is 71.2 Å². The number of likely N-dealkylation sites (tertiary alicyclic amines) is 1. The standard InChI is InChI=1S/C22H26N4O9S.Na/c27-18(23-16-13-26(20(16)29)36(31,32)33)12-22(9-5-11-35-22)24-19(28)17-8-4-10-25(17)21(30)34-14-15-6-2-1-3-7-15;/h1-3,5-7,11,16-17H,4,8-10,12-14H2,(H,23,27)(H,24,28)(H,31,32,33);/q;+1/p-1/t16?,17-,22?;/m0./s1. The Morgan fingerprint density at radius 2 is 1.95 bits per heavy atom. The van der Waals surface area contributed by atoms with Crippen LogP contribution in [0.3, 0.4) is 0 Å². The van der Waals surface area contributed by atoms with Crippen molar-refractivity contribution in [2.24, 2.45) is 0 Å². The molecule has 2 N–H and O–H groups in total. The van der Waals surface area contributed by atoms with Gasteiger partial charge in [-0.15, -0.1) is 0 Å². The zero-order valence-electron chi connectivity index (χ0n) is 20.1. The van der Waals surface area contributed by atoms with Crippen molar-refractivity contribution in [3.05, 3.63) is 48.2 Å². The Morgan fingerprint density at radius 3 is 2.57 bits per heavy atom. The van der Waals surface area contributed by atoms with E-state index in [1.165, 1.54) is 11.2 Å². The van der Waals surface area contributed by atoms with Crippen molar-refractivity contribution in [1.82, 2.24) is 19.8 Å². The molecule has 0 bridgehead atoms. The van der Waals surface area contributed by atoms with Crippen molar-refractivity contribution in [3.8, 4) is 0 Å². The van der Waals surface area contributed by atoms with Crippen molar-refractivity contribution in [3.63, 3.8) is 0 Å². The van der Waals surface area contributed by atoms with Crippen LogP contribution in [0.25, 0.3) is 0 Å². The van der Waals surface area contributed by atoms with Crippen LogP contribution in [0.2, 0.25) is 0 Å². The van der Waals surface area contributed by atoms with E-state index in [2.05, 4.69) is 10.6 Å². The molecule has 0 aromatic heterocycles. The first-order valence-corrected chi connectivity index (χ1v) is 12.6. The maximum absolute atomic E-state index is 13.1. The summed E-state index contributed by atoms with van der Waals surface area (Å²) in [6, 6.07) is 7.14. The number of nitrogens with zero attached hydrogens (tertiary/aromatic N) is 2.